The molecule has 0 saturated carbocycles. The predicted molar refractivity (Wildman–Crippen MR) is 53.6 cm³/mol. The van der Waals surface area contributed by atoms with Crippen LogP contribution >= 0.6 is 0 Å². The number of rotatable bonds is 3. The molecular weight excluding hydrogens is 200 g/mol. The standard InChI is InChI=1S/C9H10N2O4/c1-6(10-12)7-3-8(11(13)14)5-9(4-7)15-2/h3-5,12H,1-2H3. The second-order valence-electron chi connectivity index (χ2n) is 2.86. The molecule has 0 aliphatic heterocycles. The van der Waals surface area contributed by atoms with Gasteiger partial charge in [0.05, 0.1) is 23.8 Å². The Labute approximate surface area is 85.9 Å². The molecule has 0 atom stereocenters. The second kappa shape index (κ2) is 4.41. The van der Waals surface area contributed by atoms with Crippen molar-refractivity contribution < 1.29 is 14.9 Å². The first kappa shape index (κ1) is 11.0. The number of hydrogen-bond acceptors (Lipinski definition) is 5. The highest BCUT2D eigenvalue weighted by atomic mass is 16.6. The number of oxime groups is 1. The molecule has 0 aliphatic carbocycles. The third-order valence-electron chi connectivity index (χ3n) is 1.91. The molecule has 0 aliphatic rings. The van der Waals surface area contributed by atoms with Gasteiger partial charge in [0.15, 0.2) is 0 Å². The summed E-state index contributed by atoms with van der Waals surface area (Å²) in [4.78, 5) is 10.0. The summed E-state index contributed by atoms with van der Waals surface area (Å²) < 4.78 is 4.90. The van der Waals surface area contributed by atoms with E-state index in [4.69, 9.17) is 9.94 Å². The van der Waals surface area contributed by atoms with Crippen molar-refractivity contribution in [2.75, 3.05) is 7.11 Å². The van der Waals surface area contributed by atoms with Crippen LogP contribution in [0.1, 0.15) is 12.5 Å². The van der Waals surface area contributed by atoms with Gasteiger partial charge in [0, 0.05) is 11.6 Å². The van der Waals surface area contributed by atoms with E-state index in [1.54, 1.807) is 13.0 Å². The molecule has 0 radical (unpaired) electrons. The van der Waals surface area contributed by atoms with Crippen molar-refractivity contribution in [3.05, 3.63) is 33.9 Å². The van der Waals surface area contributed by atoms with Crippen molar-refractivity contribution >= 4 is 11.4 Å². The highest BCUT2D eigenvalue weighted by Crippen LogP contribution is 2.22. The van der Waals surface area contributed by atoms with Crippen LogP contribution in [0.3, 0.4) is 0 Å². The summed E-state index contributed by atoms with van der Waals surface area (Å²) in [6.45, 7) is 1.54. The molecule has 80 valence electrons. The first-order chi connectivity index (χ1) is 7.08. The van der Waals surface area contributed by atoms with Gasteiger partial charge in [-0.3, -0.25) is 10.1 Å². The quantitative estimate of drug-likeness (QED) is 0.356. The average Bonchev–Trinajstić information content (AvgIpc) is 2.27. The highest BCUT2D eigenvalue weighted by Gasteiger charge is 2.11. The summed E-state index contributed by atoms with van der Waals surface area (Å²) in [6, 6.07) is 4.17. The Balaban J connectivity index is 3.29. The number of hydrogen-bond donors (Lipinski definition) is 1. The summed E-state index contributed by atoms with van der Waals surface area (Å²) in [7, 11) is 1.41. The van der Waals surface area contributed by atoms with E-state index >= 15 is 0 Å². The van der Waals surface area contributed by atoms with Gasteiger partial charge in [0.1, 0.15) is 5.75 Å². The summed E-state index contributed by atoms with van der Waals surface area (Å²) >= 11 is 0. The molecule has 1 aromatic carbocycles. The van der Waals surface area contributed by atoms with Crippen LogP contribution in [0, 0.1) is 10.1 Å². The third-order valence-corrected chi connectivity index (χ3v) is 1.91. The van der Waals surface area contributed by atoms with Crippen LogP contribution in [-0.2, 0) is 0 Å². The van der Waals surface area contributed by atoms with Crippen LogP contribution in [-0.4, -0.2) is 23.0 Å². The van der Waals surface area contributed by atoms with Crippen molar-refractivity contribution in [2.45, 2.75) is 6.92 Å². The van der Waals surface area contributed by atoms with Gasteiger partial charge in [-0.25, -0.2) is 0 Å². The molecule has 15 heavy (non-hydrogen) atoms. The second-order valence-corrected chi connectivity index (χ2v) is 2.86. The van der Waals surface area contributed by atoms with Gasteiger partial charge in [-0.2, -0.15) is 0 Å². The lowest BCUT2D eigenvalue weighted by Gasteiger charge is -2.03. The van der Waals surface area contributed by atoms with Gasteiger partial charge in [-0.1, -0.05) is 5.16 Å². The lowest BCUT2D eigenvalue weighted by atomic mass is 10.1. The summed E-state index contributed by atoms with van der Waals surface area (Å²) in [5.41, 5.74) is 0.632. The van der Waals surface area contributed by atoms with E-state index < -0.39 is 4.92 Å². The monoisotopic (exact) mass is 210 g/mol. The summed E-state index contributed by atoms with van der Waals surface area (Å²) in [6.07, 6.45) is 0. The van der Waals surface area contributed by atoms with Crippen LogP contribution in [0.4, 0.5) is 5.69 Å². The van der Waals surface area contributed by atoms with Crippen LogP contribution in [0.2, 0.25) is 0 Å². The smallest absolute Gasteiger partial charge is 0.273 e. The minimum Gasteiger partial charge on any atom is -0.496 e. The number of nitro benzene ring substituents is 1. The van der Waals surface area contributed by atoms with E-state index in [1.165, 1.54) is 19.2 Å². The van der Waals surface area contributed by atoms with Gasteiger partial charge < -0.3 is 9.94 Å². The lowest BCUT2D eigenvalue weighted by molar-refractivity contribution is -0.384. The minimum atomic E-state index is -0.531. The number of nitro groups is 1. The topological polar surface area (TPSA) is 85.0 Å². The molecule has 6 nitrogen and oxygen atoms in total. The highest BCUT2D eigenvalue weighted by molar-refractivity contribution is 5.99. The van der Waals surface area contributed by atoms with Crippen molar-refractivity contribution in [3.63, 3.8) is 0 Å². The van der Waals surface area contributed by atoms with Crippen LogP contribution in [0.25, 0.3) is 0 Å². The van der Waals surface area contributed by atoms with Gasteiger partial charge in [0.25, 0.3) is 5.69 Å². The number of ether oxygens (including phenoxy) is 1. The number of nitrogens with zero attached hydrogens (tertiary/aromatic N) is 2. The average molecular weight is 210 g/mol. The van der Waals surface area contributed by atoms with Crippen molar-refractivity contribution in [3.8, 4) is 5.75 Å². The fourth-order valence-electron chi connectivity index (χ4n) is 1.07. The fraction of sp³-hybridized carbons (Fsp3) is 0.222. The van der Waals surface area contributed by atoms with Crippen molar-refractivity contribution in [1.82, 2.24) is 0 Å². The molecule has 0 spiro atoms. The number of benzene rings is 1. The molecule has 0 saturated heterocycles. The third kappa shape index (κ3) is 2.43. The predicted octanol–water partition coefficient (Wildman–Crippen LogP) is 1.80. The maximum Gasteiger partial charge on any atom is 0.273 e. The van der Waals surface area contributed by atoms with E-state index in [0.29, 0.717) is 11.3 Å². The fourth-order valence-corrected chi connectivity index (χ4v) is 1.07. The van der Waals surface area contributed by atoms with Crippen LogP contribution in [0.15, 0.2) is 23.4 Å². The Kier molecular flexibility index (Phi) is 3.22. The Morgan fingerprint density at radius 1 is 1.53 bits per heavy atom. The summed E-state index contributed by atoms with van der Waals surface area (Å²) in [5.74, 6) is 0.349. The van der Waals surface area contributed by atoms with Crippen molar-refractivity contribution in [1.29, 1.82) is 0 Å². The van der Waals surface area contributed by atoms with Crippen LogP contribution in [0.5, 0.6) is 5.75 Å². The molecule has 0 amide bonds. The molecule has 0 heterocycles. The minimum absolute atomic E-state index is 0.104. The van der Waals surface area contributed by atoms with E-state index in [1.807, 2.05) is 0 Å². The zero-order valence-electron chi connectivity index (χ0n) is 8.30. The zero-order chi connectivity index (χ0) is 11.4. The Morgan fingerprint density at radius 2 is 2.20 bits per heavy atom. The van der Waals surface area contributed by atoms with E-state index in [-0.39, 0.29) is 11.4 Å². The van der Waals surface area contributed by atoms with Gasteiger partial charge in [-0.05, 0) is 13.0 Å². The Bertz CT molecular complexity index is 415. The normalized spacial score (nSPS) is 11.2. The largest absolute Gasteiger partial charge is 0.496 e. The molecule has 6 heteroatoms. The van der Waals surface area contributed by atoms with Gasteiger partial charge in [-0.15, -0.1) is 0 Å². The van der Waals surface area contributed by atoms with Crippen molar-refractivity contribution in [2.24, 2.45) is 5.16 Å². The SMILES string of the molecule is COc1cc(C(C)=NO)cc([N+](=O)[O-])c1. The van der Waals surface area contributed by atoms with Gasteiger partial charge >= 0.3 is 0 Å². The molecule has 0 fully saturated rings. The lowest BCUT2D eigenvalue weighted by Crippen LogP contribution is -1.98. The maximum atomic E-state index is 10.6. The number of methoxy groups -OCH3 is 1. The first-order valence-corrected chi connectivity index (χ1v) is 4.11. The molecule has 0 unspecified atom stereocenters. The number of non-ortho nitro benzene ring substituents is 1. The maximum absolute atomic E-state index is 10.6. The Morgan fingerprint density at radius 3 is 2.67 bits per heavy atom. The summed E-state index contributed by atoms with van der Waals surface area (Å²) in [5, 5.41) is 22.1. The van der Waals surface area contributed by atoms with Crippen LogP contribution < -0.4 is 4.74 Å². The van der Waals surface area contributed by atoms with E-state index in [9.17, 15) is 10.1 Å². The zero-order valence-corrected chi connectivity index (χ0v) is 8.30. The molecule has 1 aromatic rings. The molecular formula is C9H10N2O4. The molecule has 1 rings (SSSR count). The Hall–Kier alpha value is -2.11. The van der Waals surface area contributed by atoms with Gasteiger partial charge in [0.2, 0.25) is 0 Å². The van der Waals surface area contributed by atoms with E-state index in [0.717, 1.165) is 0 Å². The molecule has 0 aromatic heterocycles. The first-order valence-electron chi connectivity index (χ1n) is 4.11. The molecule has 0 bridgehead atoms. The van der Waals surface area contributed by atoms with E-state index in [2.05, 4.69) is 5.16 Å². The molecule has 1 N–H and O–H groups in total.